The molecule has 0 amide bonds. The molecule has 3 N–H and O–H groups in total. The molecule has 0 aliphatic carbocycles. The molecular formula is C11H17N7. The van der Waals surface area contributed by atoms with Crippen molar-refractivity contribution in [2.75, 3.05) is 0 Å². The Balaban J connectivity index is 2.13. The monoisotopic (exact) mass is 247 g/mol. The predicted octanol–water partition coefficient (Wildman–Crippen LogP) is 0.225. The lowest BCUT2D eigenvalue weighted by atomic mass is 10.2. The fraction of sp³-hybridized carbons (Fsp3) is 0.455. The Morgan fingerprint density at radius 3 is 2.78 bits per heavy atom. The van der Waals surface area contributed by atoms with Crippen molar-refractivity contribution in [1.82, 2.24) is 30.2 Å². The minimum Gasteiger partial charge on any atom is -0.271 e. The topological polar surface area (TPSA) is 94.5 Å². The number of nitrogens with one attached hydrogen (secondary N) is 1. The Kier molecular flexibility index (Phi) is 4.32. The molecule has 0 aliphatic rings. The van der Waals surface area contributed by atoms with Gasteiger partial charge < -0.3 is 0 Å². The van der Waals surface area contributed by atoms with Gasteiger partial charge in [-0.15, -0.1) is 0 Å². The number of rotatable bonds is 6. The number of hydrazine groups is 1. The van der Waals surface area contributed by atoms with E-state index in [9.17, 15) is 0 Å². The summed E-state index contributed by atoms with van der Waals surface area (Å²) in [6.45, 7) is 2.95. The average molecular weight is 247 g/mol. The molecular weight excluding hydrogens is 230 g/mol. The summed E-state index contributed by atoms with van der Waals surface area (Å²) in [7, 11) is 0. The lowest BCUT2D eigenvalue weighted by molar-refractivity contribution is 0.481. The van der Waals surface area contributed by atoms with Crippen LogP contribution in [0.4, 0.5) is 0 Å². The van der Waals surface area contributed by atoms with Gasteiger partial charge in [-0.2, -0.15) is 5.10 Å². The number of aryl methyl sites for hydroxylation is 1. The van der Waals surface area contributed by atoms with Gasteiger partial charge in [-0.1, -0.05) is 6.92 Å². The minimum atomic E-state index is -0.161. The molecule has 7 heteroatoms. The summed E-state index contributed by atoms with van der Waals surface area (Å²) in [5.74, 6) is 7.10. The molecule has 0 aliphatic heterocycles. The van der Waals surface area contributed by atoms with Crippen LogP contribution in [-0.4, -0.2) is 24.7 Å². The first kappa shape index (κ1) is 12.6. The third-order valence-corrected chi connectivity index (χ3v) is 2.62. The van der Waals surface area contributed by atoms with E-state index in [-0.39, 0.29) is 6.04 Å². The smallest absolute Gasteiger partial charge is 0.146 e. The van der Waals surface area contributed by atoms with E-state index in [0.29, 0.717) is 12.2 Å². The van der Waals surface area contributed by atoms with Crippen LogP contribution in [0.3, 0.4) is 0 Å². The van der Waals surface area contributed by atoms with Crippen molar-refractivity contribution >= 4 is 0 Å². The molecule has 2 aromatic rings. The highest BCUT2D eigenvalue weighted by molar-refractivity contribution is 5.00. The maximum absolute atomic E-state index is 5.56. The number of hydrogen-bond donors (Lipinski definition) is 2. The lowest BCUT2D eigenvalue weighted by Gasteiger charge is -2.14. The number of nitrogens with zero attached hydrogens (tertiary/aromatic N) is 5. The van der Waals surface area contributed by atoms with Crippen molar-refractivity contribution in [1.29, 1.82) is 0 Å². The second-order valence-corrected chi connectivity index (χ2v) is 3.93. The highest BCUT2D eigenvalue weighted by atomic mass is 15.3. The van der Waals surface area contributed by atoms with Crippen LogP contribution in [0.1, 0.15) is 31.0 Å². The zero-order chi connectivity index (χ0) is 12.8. The van der Waals surface area contributed by atoms with Crippen molar-refractivity contribution in [3.63, 3.8) is 0 Å². The Labute approximate surface area is 105 Å². The van der Waals surface area contributed by atoms with E-state index in [2.05, 4.69) is 32.4 Å². The van der Waals surface area contributed by atoms with Crippen molar-refractivity contribution in [3.05, 3.63) is 36.4 Å². The molecule has 2 heterocycles. The molecule has 96 valence electrons. The van der Waals surface area contributed by atoms with Crippen LogP contribution in [0.2, 0.25) is 0 Å². The molecule has 0 saturated heterocycles. The lowest BCUT2D eigenvalue weighted by Crippen LogP contribution is -2.31. The van der Waals surface area contributed by atoms with Gasteiger partial charge in [0.25, 0.3) is 0 Å². The van der Waals surface area contributed by atoms with E-state index < -0.39 is 0 Å². The summed E-state index contributed by atoms with van der Waals surface area (Å²) >= 11 is 0. The normalized spacial score (nSPS) is 12.6. The van der Waals surface area contributed by atoms with Crippen LogP contribution in [0.25, 0.3) is 0 Å². The van der Waals surface area contributed by atoms with E-state index >= 15 is 0 Å². The maximum atomic E-state index is 5.56. The number of aromatic nitrogens is 5. The van der Waals surface area contributed by atoms with E-state index in [1.165, 1.54) is 0 Å². The van der Waals surface area contributed by atoms with Crippen LogP contribution in [0, 0.1) is 0 Å². The van der Waals surface area contributed by atoms with Gasteiger partial charge in [0.15, 0.2) is 0 Å². The van der Waals surface area contributed by atoms with Crippen molar-refractivity contribution in [2.45, 2.75) is 32.4 Å². The van der Waals surface area contributed by atoms with Gasteiger partial charge in [0, 0.05) is 25.4 Å². The highest BCUT2D eigenvalue weighted by Crippen LogP contribution is 2.11. The molecule has 1 atom stereocenters. The average Bonchev–Trinajstić information content (AvgIpc) is 2.85. The zero-order valence-electron chi connectivity index (χ0n) is 10.3. The van der Waals surface area contributed by atoms with Gasteiger partial charge in [-0.25, -0.2) is 20.4 Å². The first-order valence-electron chi connectivity index (χ1n) is 5.95. The van der Waals surface area contributed by atoms with Gasteiger partial charge in [0.05, 0.1) is 6.04 Å². The summed E-state index contributed by atoms with van der Waals surface area (Å²) in [6.07, 6.45) is 6.58. The third-order valence-electron chi connectivity index (χ3n) is 2.62. The molecule has 0 radical (unpaired) electrons. The highest BCUT2D eigenvalue weighted by Gasteiger charge is 2.16. The summed E-state index contributed by atoms with van der Waals surface area (Å²) in [5.41, 5.74) is 2.72. The standard InChI is InChI=1S/C11H17N7/c1-2-6-18-10(15-8-16-18)7-9(17-12)11-13-4-3-5-14-11/h3-5,8-9,17H,2,6-7,12H2,1H3. The fourth-order valence-corrected chi connectivity index (χ4v) is 1.74. The number of nitrogens with two attached hydrogens (primary N) is 1. The fourth-order valence-electron chi connectivity index (χ4n) is 1.74. The molecule has 2 rings (SSSR count). The van der Waals surface area contributed by atoms with E-state index in [1.807, 2.05) is 4.68 Å². The molecule has 2 aromatic heterocycles. The SMILES string of the molecule is CCCn1ncnc1CC(NN)c1ncccn1. The Bertz CT molecular complexity index is 467. The van der Waals surface area contributed by atoms with E-state index in [1.54, 1.807) is 24.8 Å². The van der Waals surface area contributed by atoms with Crippen molar-refractivity contribution in [3.8, 4) is 0 Å². The van der Waals surface area contributed by atoms with Crippen LogP contribution in [-0.2, 0) is 13.0 Å². The molecule has 0 saturated carbocycles. The maximum Gasteiger partial charge on any atom is 0.146 e. The van der Waals surface area contributed by atoms with Crippen LogP contribution >= 0.6 is 0 Å². The summed E-state index contributed by atoms with van der Waals surface area (Å²) in [4.78, 5) is 12.6. The molecule has 0 aromatic carbocycles. The molecule has 0 bridgehead atoms. The second-order valence-electron chi connectivity index (χ2n) is 3.93. The van der Waals surface area contributed by atoms with Crippen LogP contribution in [0.5, 0.6) is 0 Å². The Morgan fingerprint density at radius 2 is 2.11 bits per heavy atom. The van der Waals surface area contributed by atoms with Gasteiger partial charge in [-0.3, -0.25) is 10.5 Å². The predicted molar refractivity (Wildman–Crippen MR) is 66.1 cm³/mol. The third kappa shape index (κ3) is 2.88. The number of hydrogen-bond acceptors (Lipinski definition) is 6. The molecule has 18 heavy (non-hydrogen) atoms. The van der Waals surface area contributed by atoms with Gasteiger partial charge in [0.1, 0.15) is 18.0 Å². The second kappa shape index (κ2) is 6.18. The van der Waals surface area contributed by atoms with E-state index in [4.69, 9.17) is 5.84 Å². The van der Waals surface area contributed by atoms with Gasteiger partial charge >= 0.3 is 0 Å². The largest absolute Gasteiger partial charge is 0.271 e. The summed E-state index contributed by atoms with van der Waals surface area (Å²) in [5, 5.41) is 4.18. The molecule has 0 fully saturated rings. The van der Waals surface area contributed by atoms with Crippen LogP contribution in [0.15, 0.2) is 24.8 Å². The Morgan fingerprint density at radius 1 is 1.33 bits per heavy atom. The van der Waals surface area contributed by atoms with E-state index in [0.717, 1.165) is 18.8 Å². The van der Waals surface area contributed by atoms with Gasteiger partial charge in [0.2, 0.25) is 0 Å². The molecule has 0 spiro atoms. The first-order valence-corrected chi connectivity index (χ1v) is 5.95. The zero-order valence-corrected chi connectivity index (χ0v) is 10.3. The van der Waals surface area contributed by atoms with Crippen molar-refractivity contribution < 1.29 is 0 Å². The minimum absolute atomic E-state index is 0.161. The Hall–Kier alpha value is -1.86. The summed E-state index contributed by atoms with van der Waals surface area (Å²) in [6, 6.07) is 1.61. The first-order chi connectivity index (χ1) is 8.85. The van der Waals surface area contributed by atoms with Crippen molar-refractivity contribution in [2.24, 2.45) is 5.84 Å². The quantitative estimate of drug-likeness (QED) is 0.560. The van der Waals surface area contributed by atoms with Crippen LogP contribution < -0.4 is 11.3 Å². The molecule has 7 nitrogen and oxygen atoms in total. The van der Waals surface area contributed by atoms with Gasteiger partial charge in [-0.05, 0) is 12.5 Å². The molecule has 1 unspecified atom stereocenters. The summed E-state index contributed by atoms with van der Waals surface area (Å²) < 4.78 is 1.88.